The highest BCUT2D eigenvalue weighted by Crippen LogP contribution is 2.56. The molecule has 0 heteroatoms. The van der Waals surface area contributed by atoms with Gasteiger partial charge in [0.05, 0.1) is 5.41 Å². The highest BCUT2D eigenvalue weighted by molar-refractivity contribution is 5.87. The predicted octanol–water partition coefficient (Wildman–Crippen LogP) is 9.41. The summed E-state index contributed by atoms with van der Waals surface area (Å²) >= 11 is 0. The van der Waals surface area contributed by atoms with E-state index < -0.39 is 0 Å². The van der Waals surface area contributed by atoms with Gasteiger partial charge in [0.2, 0.25) is 0 Å². The van der Waals surface area contributed by atoms with Crippen molar-refractivity contribution in [1.82, 2.24) is 0 Å². The van der Waals surface area contributed by atoms with Crippen molar-refractivity contribution >= 4 is 10.8 Å². The zero-order valence-corrected chi connectivity index (χ0v) is 21.9. The van der Waals surface area contributed by atoms with Crippen molar-refractivity contribution in [3.63, 3.8) is 0 Å². The Morgan fingerprint density at radius 1 is 0.447 bits per heavy atom. The van der Waals surface area contributed by atoms with E-state index in [1.807, 2.05) is 0 Å². The molecule has 0 unspecified atom stereocenters. The van der Waals surface area contributed by atoms with Gasteiger partial charge in [0.15, 0.2) is 0 Å². The highest BCUT2D eigenvalue weighted by atomic mass is 14.5. The van der Waals surface area contributed by atoms with E-state index in [4.69, 9.17) is 0 Å². The second kappa shape index (κ2) is 8.85. The zero-order valence-electron chi connectivity index (χ0n) is 21.9. The SMILES string of the molecule is Cc1ccc(C2(c3ccc(C)cc3)c3ccccc3-c3cc(Cc4ccc5ccccc5c4)ccc32)cc1. The first kappa shape index (κ1) is 22.8. The Balaban J connectivity index is 1.43. The molecule has 1 aliphatic rings. The Labute approximate surface area is 225 Å². The summed E-state index contributed by atoms with van der Waals surface area (Å²) in [4.78, 5) is 0. The summed E-state index contributed by atoms with van der Waals surface area (Å²) in [6.07, 6.45) is 0.919. The molecule has 0 radical (unpaired) electrons. The van der Waals surface area contributed by atoms with E-state index in [0.29, 0.717) is 0 Å². The third kappa shape index (κ3) is 3.52. The molecule has 0 amide bonds. The van der Waals surface area contributed by atoms with Gasteiger partial charge in [-0.3, -0.25) is 0 Å². The average molecular weight is 487 g/mol. The maximum atomic E-state index is 2.44. The third-order valence-corrected chi connectivity index (χ3v) is 8.30. The van der Waals surface area contributed by atoms with Crippen LogP contribution in [0.1, 0.15) is 44.5 Å². The van der Waals surface area contributed by atoms with Crippen LogP contribution in [0.4, 0.5) is 0 Å². The fourth-order valence-corrected chi connectivity index (χ4v) is 6.42. The van der Waals surface area contributed by atoms with Crippen LogP contribution in [0.25, 0.3) is 21.9 Å². The molecular formula is C38H30. The molecule has 182 valence electrons. The Morgan fingerprint density at radius 3 is 1.71 bits per heavy atom. The molecule has 0 nitrogen and oxygen atoms in total. The van der Waals surface area contributed by atoms with Crippen molar-refractivity contribution in [2.45, 2.75) is 25.7 Å². The third-order valence-electron chi connectivity index (χ3n) is 8.30. The number of fused-ring (bicyclic) bond motifs is 4. The summed E-state index contributed by atoms with van der Waals surface area (Å²) in [5.74, 6) is 0. The molecule has 0 spiro atoms. The lowest BCUT2D eigenvalue weighted by atomic mass is 9.67. The molecule has 6 aromatic carbocycles. The summed E-state index contributed by atoms with van der Waals surface area (Å²) in [5, 5.41) is 2.59. The Hall–Kier alpha value is -4.42. The molecule has 0 saturated heterocycles. The van der Waals surface area contributed by atoms with Gasteiger partial charge in [-0.1, -0.05) is 145 Å². The van der Waals surface area contributed by atoms with Gasteiger partial charge in [-0.25, -0.2) is 0 Å². The van der Waals surface area contributed by atoms with Crippen LogP contribution in [-0.4, -0.2) is 0 Å². The van der Waals surface area contributed by atoms with E-state index in [0.717, 1.165) is 6.42 Å². The van der Waals surface area contributed by atoms with Crippen molar-refractivity contribution in [3.8, 4) is 11.1 Å². The summed E-state index contributed by atoms with van der Waals surface area (Å²) in [6, 6.07) is 49.9. The van der Waals surface area contributed by atoms with Gasteiger partial charge in [-0.15, -0.1) is 0 Å². The van der Waals surface area contributed by atoms with Crippen LogP contribution >= 0.6 is 0 Å². The van der Waals surface area contributed by atoms with Crippen LogP contribution in [0.3, 0.4) is 0 Å². The Kier molecular flexibility index (Phi) is 5.30. The fraction of sp³-hybridized carbons (Fsp3) is 0.105. The van der Waals surface area contributed by atoms with E-state index >= 15 is 0 Å². The number of hydrogen-bond donors (Lipinski definition) is 0. The first-order valence-corrected chi connectivity index (χ1v) is 13.5. The van der Waals surface area contributed by atoms with Crippen molar-refractivity contribution in [1.29, 1.82) is 0 Å². The van der Waals surface area contributed by atoms with Crippen molar-refractivity contribution in [3.05, 3.63) is 178 Å². The standard InChI is InChI=1S/C38H30/c1-26-11-18-32(19-12-26)38(33-20-13-27(2)14-21-33)36-10-6-5-9-34(36)35-25-29(16-22-37(35)38)23-28-15-17-30-7-3-4-8-31(30)24-28/h3-22,24-25H,23H2,1-2H3. The van der Waals surface area contributed by atoms with Gasteiger partial charge < -0.3 is 0 Å². The van der Waals surface area contributed by atoms with Crippen LogP contribution in [0, 0.1) is 13.8 Å². The van der Waals surface area contributed by atoms with Gasteiger partial charge >= 0.3 is 0 Å². The highest BCUT2D eigenvalue weighted by Gasteiger charge is 2.45. The van der Waals surface area contributed by atoms with Crippen molar-refractivity contribution < 1.29 is 0 Å². The van der Waals surface area contributed by atoms with Gasteiger partial charge in [0.25, 0.3) is 0 Å². The molecular weight excluding hydrogens is 456 g/mol. The lowest BCUT2D eigenvalue weighted by Gasteiger charge is -2.34. The molecule has 0 N–H and O–H groups in total. The fourth-order valence-electron chi connectivity index (χ4n) is 6.42. The maximum absolute atomic E-state index is 2.44. The van der Waals surface area contributed by atoms with E-state index in [-0.39, 0.29) is 5.41 Å². The van der Waals surface area contributed by atoms with Crippen molar-refractivity contribution in [2.24, 2.45) is 0 Å². The number of rotatable bonds is 4. The van der Waals surface area contributed by atoms with Crippen LogP contribution < -0.4 is 0 Å². The molecule has 0 saturated carbocycles. The summed E-state index contributed by atoms with van der Waals surface area (Å²) in [5.41, 5.74) is 13.0. The minimum Gasteiger partial charge on any atom is -0.0619 e. The number of benzene rings is 6. The van der Waals surface area contributed by atoms with Gasteiger partial charge in [0.1, 0.15) is 0 Å². The molecule has 38 heavy (non-hydrogen) atoms. The lowest BCUT2D eigenvalue weighted by Crippen LogP contribution is -2.28. The topological polar surface area (TPSA) is 0 Å². The largest absolute Gasteiger partial charge is 0.0713 e. The molecule has 0 fully saturated rings. The van der Waals surface area contributed by atoms with Crippen LogP contribution in [-0.2, 0) is 11.8 Å². The molecule has 0 atom stereocenters. The lowest BCUT2D eigenvalue weighted by molar-refractivity contribution is 0.767. The molecule has 0 bridgehead atoms. The second-order valence-electron chi connectivity index (χ2n) is 10.8. The summed E-state index contributed by atoms with van der Waals surface area (Å²) < 4.78 is 0. The number of hydrogen-bond acceptors (Lipinski definition) is 0. The Morgan fingerprint density at radius 2 is 1.00 bits per heavy atom. The first-order valence-electron chi connectivity index (χ1n) is 13.5. The van der Waals surface area contributed by atoms with Crippen LogP contribution in [0.2, 0.25) is 0 Å². The minimum atomic E-state index is -0.338. The van der Waals surface area contributed by atoms with E-state index in [2.05, 4.69) is 147 Å². The quantitative estimate of drug-likeness (QED) is 0.232. The first-order chi connectivity index (χ1) is 18.6. The Bertz CT molecular complexity index is 1740. The van der Waals surface area contributed by atoms with Gasteiger partial charge in [0, 0.05) is 0 Å². The second-order valence-corrected chi connectivity index (χ2v) is 10.8. The molecule has 0 heterocycles. The van der Waals surface area contributed by atoms with E-state index in [1.165, 1.54) is 66.4 Å². The zero-order chi connectivity index (χ0) is 25.7. The van der Waals surface area contributed by atoms with E-state index in [1.54, 1.807) is 0 Å². The summed E-state index contributed by atoms with van der Waals surface area (Å²) in [6.45, 7) is 4.33. The van der Waals surface area contributed by atoms with Crippen molar-refractivity contribution in [2.75, 3.05) is 0 Å². The molecule has 7 rings (SSSR count). The monoisotopic (exact) mass is 486 g/mol. The van der Waals surface area contributed by atoms with Gasteiger partial charge in [-0.2, -0.15) is 0 Å². The van der Waals surface area contributed by atoms with Gasteiger partial charge in [-0.05, 0) is 75.5 Å². The number of aryl methyl sites for hydroxylation is 2. The van der Waals surface area contributed by atoms with Crippen LogP contribution in [0.5, 0.6) is 0 Å². The predicted molar refractivity (Wildman–Crippen MR) is 160 cm³/mol. The summed E-state index contributed by atoms with van der Waals surface area (Å²) in [7, 11) is 0. The molecule has 6 aromatic rings. The molecule has 0 aromatic heterocycles. The maximum Gasteiger partial charge on any atom is 0.0713 e. The van der Waals surface area contributed by atoms with E-state index in [9.17, 15) is 0 Å². The smallest absolute Gasteiger partial charge is 0.0619 e. The normalized spacial score (nSPS) is 13.3. The average Bonchev–Trinajstić information content (AvgIpc) is 3.24. The minimum absolute atomic E-state index is 0.338. The molecule has 1 aliphatic carbocycles. The molecule has 0 aliphatic heterocycles. The van der Waals surface area contributed by atoms with Crippen LogP contribution in [0.15, 0.2) is 133 Å².